The molecule has 0 saturated heterocycles. The van der Waals surface area contributed by atoms with E-state index in [-0.39, 0.29) is 11.8 Å². The first-order valence-electron chi connectivity index (χ1n) is 8.20. The molecular formula is C20H19N3O2. The number of rotatable bonds is 5. The summed E-state index contributed by atoms with van der Waals surface area (Å²) >= 11 is 0. The van der Waals surface area contributed by atoms with Gasteiger partial charge in [-0.15, -0.1) is 0 Å². The predicted molar refractivity (Wildman–Crippen MR) is 94.5 cm³/mol. The number of anilines is 1. The summed E-state index contributed by atoms with van der Waals surface area (Å²) in [6.07, 6.45) is 1.04. The summed E-state index contributed by atoms with van der Waals surface area (Å²) in [6, 6.07) is 16.6. The Kier molecular flexibility index (Phi) is 4.53. The van der Waals surface area contributed by atoms with Crippen molar-refractivity contribution in [2.45, 2.75) is 26.3 Å². The average Bonchev–Trinajstić information content (AvgIpc) is 3.43. The van der Waals surface area contributed by atoms with Crippen molar-refractivity contribution in [2.75, 3.05) is 5.32 Å². The number of aryl methyl sites for hydroxylation is 1. The molecule has 0 heterocycles. The summed E-state index contributed by atoms with van der Waals surface area (Å²) in [4.78, 5) is 25.2. The third-order valence-electron chi connectivity index (χ3n) is 4.62. The van der Waals surface area contributed by atoms with Gasteiger partial charge in [-0.25, -0.2) is 0 Å². The Bertz CT molecular complexity index is 863. The largest absolute Gasteiger partial charge is 0.351 e. The molecule has 0 radical (unpaired) electrons. The van der Waals surface area contributed by atoms with Crippen LogP contribution in [0.5, 0.6) is 0 Å². The van der Waals surface area contributed by atoms with Gasteiger partial charge in [-0.1, -0.05) is 36.4 Å². The van der Waals surface area contributed by atoms with Crippen molar-refractivity contribution in [3.05, 3.63) is 65.2 Å². The van der Waals surface area contributed by atoms with E-state index in [0.29, 0.717) is 30.6 Å². The number of carbonyl (C=O) groups excluding carboxylic acids is 2. The van der Waals surface area contributed by atoms with E-state index >= 15 is 0 Å². The minimum Gasteiger partial charge on any atom is -0.351 e. The van der Waals surface area contributed by atoms with Crippen molar-refractivity contribution in [1.82, 2.24) is 5.32 Å². The summed E-state index contributed by atoms with van der Waals surface area (Å²) in [6.45, 7) is 2.38. The molecule has 0 unspecified atom stereocenters. The van der Waals surface area contributed by atoms with Gasteiger partial charge in [0.25, 0.3) is 0 Å². The lowest BCUT2D eigenvalue weighted by atomic mass is 10.0. The molecule has 2 N–H and O–H groups in total. The molecular weight excluding hydrogens is 314 g/mol. The Morgan fingerprint density at radius 3 is 2.44 bits per heavy atom. The molecule has 1 aliphatic carbocycles. The fourth-order valence-electron chi connectivity index (χ4n) is 2.77. The van der Waals surface area contributed by atoms with E-state index in [1.165, 1.54) is 0 Å². The summed E-state index contributed by atoms with van der Waals surface area (Å²) < 4.78 is 0. The van der Waals surface area contributed by atoms with E-state index in [1.807, 2.05) is 37.3 Å². The second kappa shape index (κ2) is 6.78. The zero-order valence-electron chi connectivity index (χ0n) is 14.0. The molecule has 5 heteroatoms. The lowest BCUT2D eigenvalue weighted by Gasteiger charge is -2.16. The third kappa shape index (κ3) is 3.38. The van der Waals surface area contributed by atoms with Gasteiger partial charge in [0.15, 0.2) is 0 Å². The van der Waals surface area contributed by atoms with Crippen molar-refractivity contribution in [3.8, 4) is 6.07 Å². The van der Waals surface area contributed by atoms with Crippen LogP contribution in [0.4, 0.5) is 5.69 Å². The van der Waals surface area contributed by atoms with Crippen molar-refractivity contribution in [3.63, 3.8) is 0 Å². The molecule has 5 nitrogen and oxygen atoms in total. The summed E-state index contributed by atoms with van der Waals surface area (Å²) in [7, 11) is 0. The molecule has 0 atom stereocenters. The van der Waals surface area contributed by atoms with Crippen molar-refractivity contribution in [2.24, 2.45) is 5.41 Å². The van der Waals surface area contributed by atoms with Crippen LogP contribution in [-0.2, 0) is 16.1 Å². The molecule has 25 heavy (non-hydrogen) atoms. The predicted octanol–water partition coefficient (Wildman–Crippen LogP) is 2.90. The SMILES string of the molecule is Cc1ccccc1CNC(=O)C1(C(=O)Nc2ccccc2C#N)CC1. The highest BCUT2D eigenvalue weighted by atomic mass is 16.2. The second-order valence-electron chi connectivity index (χ2n) is 6.30. The molecule has 1 fully saturated rings. The maximum absolute atomic E-state index is 12.6. The molecule has 126 valence electrons. The van der Waals surface area contributed by atoms with Crippen LogP contribution in [0.3, 0.4) is 0 Å². The van der Waals surface area contributed by atoms with Crippen LogP contribution < -0.4 is 10.6 Å². The van der Waals surface area contributed by atoms with Crippen molar-refractivity contribution < 1.29 is 9.59 Å². The van der Waals surface area contributed by atoms with E-state index in [2.05, 4.69) is 10.6 Å². The first-order chi connectivity index (χ1) is 12.1. The first kappa shape index (κ1) is 16.7. The quantitative estimate of drug-likeness (QED) is 0.826. The van der Waals surface area contributed by atoms with E-state index < -0.39 is 5.41 Å². The van der Waals surface area contributed by atoms with Gasteiger partial charge in [0, 0.05) is 6.54 Å². The molecule has 2 amide bonds. The van der Waals surface area contributed by atoms with Gasteiger partial charge in [0.1, 0.15) is 11.5 Å². The van der Waals surface area contributed by atoms with E-state index in [9.17, 15) is 9.59 Å². The number of nitriles is 1. The Morgan fingerprint density at radius 1 is 1.08 bits per heavy atom. The number of carbonyl (C=O) groups is 2. The molecule has 0 aliphatic heterocycles. The fourth-order valence-corrected chi connectivity index (χ4v) is 2.77. The monoisotopic (exact) mass is 333 g/mol. The van der Waals surface area contributed by atoms with Crippen LogP contribution in [0.15, 0.2) is 48.5 Å². The lowest BCUT2D eigenvalue weighted by Crippen LogP contribution is -2.39. The van der Waals surface area contributed by atoms with Gasteiger partial charge in [-0.2, -0.15) is 5.26 Å². The van der Waals surface area contributed by atoms with Crippen LogP contribution in [0.25, 0.3) is 0 Å². The fraction of sp³-hybridized carbons (Fsp3) is 0.250. The number of nitrogens with one attached hydrogen (secondary N) is 2. The highest BCUT2D eigenvalue weighted by molar-refractivity contribution is 6.13. The molecule has 0 aromatic heterocycles. The summed E-state index contributed by atoms with van der Waals surface area (Å²) in [5.41, 5.74) is 1.92. The van der Waals surface area contributed by atoms with E-state index in [4.69, 9.17) is 5.26 Å². The van der Waals surface area contributed by atoms with Gasteiger partial charge in [0.2, 0.25) is 11.8 Å². The molecule has 1 saturated carbocycles. The zero-order chi connectivity index (χ0) is 17.9. The summed E-state index contributed by atoms with van der Waals surface area (Å²) in [5, 5.41) is 14.7. The average molecular weight is 333 g/mol. The number of hydrogen-bond donors (Lipinski definition) is 2. The number of nitrogens with zero attached hydrogens (tertiary/aromatic N) is 1. The Hall–Kier alpha value is -3.13. The third-order valence-corrected chi connectivity index (χ3v) is 4.62. The van der Waals surface area contributed by atoms with E-state index in [0.717, 1.165) is 11.1 Å². The molecule has 2 aromatic rings. The number of benzene rings is 2. The minimum atomic E-state index is -1.02. The molecule has 2 aromatic carbocycles. The van der Waals surface area contributed by atoms with Gasteiger partial charge >= 0.3 is 0 Å². The first-order valence-corrected chi connectivity index (χ1v) is 8.20. The Labute approximate surface area is 146 Å². The lowest BCUT2D eigenvalue weighted by molar-refractivity contribution is -0.134. The van der Waals surface area contributed by atoms with Gasteiger partial charge in [-0.05, 0) is 43.0 Å². The van der Waals surface area contributed by atoms with Crippen molar-refractivity contribution >= 4 is 17.5 Å². The highest BCUT2D eigenvalue weighted by Gasteiger charge is 2.56. The Morgan fingerprint density at radius 2 is 1.76 bits per heavy atom. The maximum Gasteiger partial charge on any atom is 0.240 e. The topological polar surface area (TPSA) is 82.0 Å². The molecule has 3 rings (SSSR count). The smallest absolute Gasteiger partial charge is 0.240 e. The molecule has 0 spiro atoms. The Balaban J connectivity index is 1.67. The van der Waals surface area contributed by atoms with Gasteiger partial charge in [0.05, 0.1) is 11.3 Å². The minimum absolute atomic E-state index is 0.261. The molecule has 0 bridgehead atoms. The molecule has 1 aliphatic rings. The second-order valence-corrected chi connectivity index (χ2v) is 6.30. The highest BCUT2D eigenvalue weighted by Crippen LogP contribution is 2.47. The zero-order valence-corrected chi connectivity index (χ0v) is 14.0. The number of hydrogen-bond acceptors (Lipinski definition) is 3. The maximum atomic E-state index is 12.6. The van der Waals surface area contributed by atoms with Crippen LogP contribution >= 0.6 is 0 Å². The van der Waals surface area contributed by atoms with Gasteiger partial charge in [-0.3, -0.25) is 9.59 Å². The van der Waals surface area contributed by atoms with Crippen LogP contribution in [0.1, 0.15) is 29.5 Å². The van der Waals surface area contributed by atoms with Gasteiger partial charge < -0.3 is 10.6 Å². The van der Waals surface area contributed by atoms with Crippen molar-refractivity contribution in [1.29, 1.82) is 5.26 Å². The normalized spacial score (nSPS) is 14.2. The summed E-state index contributed by atoms with van der Waals surface area (Å²) in [5.74, 6) is -0.611. The van der Waals surface area contributed by atoms with Crippen LogP contribution in [0.2, 0.25) is 0 Å². The number of para-hydroxylation sites is 1. The van der Waals surface area contributed by atoms with Crippen LogP contribution in [0, 0.1) is 23.7 Å². The standard InChI is InChI=1S/C20H19N3O2/c1-14-6-2-3-8-16(14)13-22-18(24)20(10-11-20)19(25)23-17-9-5-4-7-15(17)12-21/h2-9H,10-11,13H2,1H3,(H,22,24)(H,23,25). The van der Waals surface area contributed by atoms with Crippen LogP contribution in [-0.4, -0.2) is 11.8 Å². The number of amides is 2. The van der Waals surface area contributed by atoms with E-state index in [1.54, 1.807) is 24.3 Å².